The van der Waals surface area contributed by atoms with Crippen molar-refractivity contribution in [3.8, 4) is 11.3 Å². The molecule has 0 aliphatic heterocycles. The van der Waals surface area contributed by atoms with Crippen molar-refractivity contribution in [3.63, 3.8) is 0 Å². The Bertz CT molecular complexity index is 699. The van der Waals surface area contributed by atoms with Crippen LogP contribution in [0.15, 0.2) is 34.9 Å². The summed E-state index contributed by atoms with van der Waals surface area (Å²) < 4.78 is 19.1. The second-order valence-electron chi connectivity index (χ2n) is 5.30. The van der Waals surface area contributed by atoms with E-state index in [9.17, 15) is 14.0 Å². The molecule has 0 spiro atoms. The number of nitrogens with one attached hydrogen (secondary N) is 1. The number of amides is 1. The van der Waals surface area contributed by atoms with E-state index in [1.54, 1.807) is 18.2 Å². The number of unbranched alkanes of at least 4 members (excludes halogenated alkanes) is 1. The summed E-state index contributed by atoms with van der Waals surface area (Å²) in [6.07, 6.45) is 3.21. The zero-order valence-corrected chi connectivity index (χ0v) is 13.1. The number of carboxylic acid groups (broad SMARTS) is 1. The molecular formula is C17H19FN2O4. The number of aliphatic carboxylic acids is 1. The number of aryl methyl sites for hydroxylation is 1. The third-order valence-electron chi connectivity index (χ3n) is 3.40. The Morgan fingerprint density at radius 3 is 2.75 bits per heavy atom. The van der Waals surface area contributed by atoms with Gasteiger partial charge in [-0.05, 0) is 25.0 Å². The predicted molar refractivity (Wildman–Crippen MR) is 84.7 cm³/mol. The van der Waals surface area contributed by atoms with Gasteiger partial charge in [-0.15, -0.1) is 0 Å². The van der Waals surface area contributed by atoms with Gasteiger partial charge in [-0.2, -0.15) is 0 Å². The molecule has 7 heteroatoms. The molecule has 128 valence electrons. The first kappa shape index (κ1) is 17.7. The van der Waals surface area contributed by atoms with Gasteiger partial charge in [0.2, 0.25) is 5.91 Å². The van der Waals surface area contributed by atoms with E-state index < -0.39 is 5.97 Å². The van der Waals surface area contributed by atoms with Crippen LogP contribution in [-0.4, -0.2) is 28.5 Å². The largest absolute Gasteiger partial charge is 0.481 e. The fourth-order valence-electron chi connectivity index (χ4n) is 2.15. The number of carboxylic acids is 1. The molecule has 6 nitrogen and oxygen atoms in total. The molecule has 0 atom stereocenters. The van der Waals surface area contributed by atoms with Gasteiger partial charge in [0.25, 0.3) is 0 Å². The normalized spacial score (nSPS) is 10.5. The van der Waals surface area contributed by atoms with Crippen LogP contribution in [0.25, 0.3) is 11.3 Å². The highest BCUT2D eigenvalue weighted by atomic mass is 19.1. The molecule has 0 fully saturated rings. The number of halogens is 1. The Labute approximate surface area is 138 Å². The molecule has 1 aromatic heterocycles. The van der Waals surface area contributed by atoms with Crippen LogP contribution < -0.4 is 5.32 Å². The smallest absolute Gasteiger partial charge is 0.303 e. The summed E-state index contributed by atoms with van der Waals surface area (Å²) >= 11 is 0. The van der Waals surface area contributed by atoms with Gasteiger partial charge in [0, 0.05) is 25.8 Å². The van der Waals surface area contributed by atoms with Gasteiger partial charge in [-0.3, -0.25) is 9.59 Å². The van der Waals surface area contributed by atoms with Crippen molar-refractivity contribution < 1.29 is 23.5 Å². The van der Waals surface area contributed by atoms with Gasteiger partial charge < -0.3 is 14.8 Å². The van der Waals surface area contributed by atoms with Crippen molar-refractivity contribution in [3.05, 3.63) is 42.2 Å². The molecule has 0 aliphatic rings. The first-order valence-electron chi connectivity index (χ1n) is 7.74. The van der Waals surface area contributed by atoms with Gasteiger partial charge >= 0.3 is 5.97 Å². The molecule has 0 radical (unpaired) electrons. The summed E-state index contributed by atoms with van der Waals surface area (Å²) in [5.41, 5.74) is 0.333. The number of carbonyl (C=O) groups is 2. The number of nitrogens with zero attached hydrogens (tertiary/aromatic N) is 1. The van der Waals surface area contributed by atoms with E-state index >= 15 is 0 Å². The third-order valence-corrected chi connectivity index (χ3v) is 3.40. The number of hydrogen-bond acceptors (Lipinski definition) is 4. The standard InChI is InChI=1S/C17H19FN2O4/c18-13-6-2-1-5-12(13)14-11-20-16(24-14)9-8-15(21)19-10-4-3-7-17(22)23/h1-2,5-6,11H,3-4,7-10H2,(H,19,21)(H,22,23). The van der Waals surface area contributed by atoms with Crippen molar-refractivity contribution in [1.82, 2.24) is 10.3 Å². The van der Waals surface area contributed by atoms with Gasteiger partial charge in [0.15, 0.2) is 11.7 Å². The van der Waals surface area contributed by atoms with Crippen LogP contribution in [0, 0.1) is 5.82 Å². The maximum atomic E-state index is 13.7. The first-order valence-corrected chi connectivity index (χ1v) is 7.74. The molecular weight excluding hydrogens is 315 g/mol. The summed E-state index contributed by atoms with van der Waals surface area (Å²) in [5.74, 6) is -0.683. The SMILES string of the molecule is O=C(O)CCCCNC(=O)CCc1ncc(-c2ccccc2F)o1. The Morgan fingerprint density at radius 2 is 2.00 bits per heavy atom. The summed E-state index contributed by atoms with van der Waals surface area (Å²) in [4.78, 5) is 26.1. The number of hydrogen-bond donors (Lipinski definition) is 2. The van der Waals surface area contributed by atoms with E-state index in [0.29, 0.717) is 43.0 Å². The maximum absolute atomic E-state index is 13.7. The number of carbonyl (C=O) groups excluding carboxylic acids is 1. The van der Waals surface area contributed by atoms with Gasteiger partial charge in [0.05, 0.1) is 11.8 Å². The van der Waals surface area contributed by atoms with Crippen molar-refractivity contribution >= 4 is 11.9 Å². The van der Waals surface area contributed by atoms with Crippen LogP contribution >= 0.6 is 0 Å². The van der Waals surface area contributed by atoms with Crippen molar-refractivity contribution in [2.45, 2.75) is 32.1 Å². The monoisotopic (exact) mass is 334 g/mol. The van der Waals surface area contributed by atoms with Crippen LogP contribution in [-0.2, 0) is 16.0 Å². The molecule has 1 amide bonds. The second-order valence-corrected chi connectivity index (χ2v) is 5.30. The average Bonchev–Trinajstić information content (AvgIpc) is 3.01. The fraction of sp³-hybridized carbons (Fsp3) is 0.353. The molecule has 2 aromatic rings. The van der Waals surface area contributed by atoms with Crippen molar-refractivity contribution in [2.24, 2.45) is 0 Å². The topological polar surface area (TPSA) is 92.4 Å². The predicted octanol–water partition coefficient (Wildman–Crippen LogP) is 2.78. The Kier molecular flexibility index (Phi) is 6.48. The maximum Gasteiger partial charge on any atom is 0.303 e. The quantitative estimate of drug-likeness (QED) is 0.688. The fourth-order valence-corrected chi connectivity index (χ4v) is 2.15. The van der Waals surface area contributed by atoms with Crippen LogP contribution in [0.1, 0.15) is 31.6 Å². The molecule has 1 heterocycles. The Hall–Kier alpha value is -2.70. The van der Waals surface area contributed by atoms with E-state index in [4.69, 9.17) is 9.52 Å². The van der Waals surface area contributed by atoms with Gasteiger partial charge in [0.1, 0.15) is 5.82 Å². The zero-order chi connectivity index (χ0) is 17.4. The number of benzene rings is 1. The van der Waals surface area contributed by atoms with E-state index in [1.807, 2.05) is 0 Å². The van der Waals surface area contributed by atoms with E-state index in [2.05, 4.69) is 10.3 Å². The highest BCUT2D eigenvalue weighted by Gasteiger charge is 2.11. The molecule has 2 rings (SSSR count). The molecule has 0 saturated heterocycles. The highest BCUT2D eigenvalue weighted by Crippen LogP contribution is 2.23. The summed E-state index contributed by atoms with van der Waals surface area (Å²) in [6, 6.07) is 6.24. The van der Waals surface area contributed by atoms with E-state index in [0.717, 1.165) is 0 Å². The Morgan fingerprint density at radius 1 is 1.21 bits per heavy atom. The van der Waals surface area contributed by atoms with Crippen LogP contribution in [0.4, 0.5) is 4.39 Å². The molecule has 2 N–H and O–H groups in total. The minimum Gasteiger partial charge on any atom is -0.481 e. The summed E-state index contributed by atoms with van der Waals surface area (Å²) in [7, 11) is 0. The van der Waals surface area contributed by atoms with E-state index in [-0.39, 0.29) is 24.6 Å². The summed E-state index contributed by atoms with van der Waals surface area (Å²) in [5, 5.41) is 11.2. The highest BCUT2D eigenvalue weighted by molar-refractivity contribution is 5.76. The number of rotatable bonds is 9. The first-order chi connectivity index (χ1) is 11.6. The minimum atomic E-state index is -0.837. The lowest BCUT2D eigenvalue weighted by atomic mass is 10.2. The van der Waals surface area contributed by atoms with Crippen molar-refractivity contribution in [1.29, 1.82) is 0 Å². The Balaban J connectivity index is 1.74. The molecule has 24 heavy (non-hydrogen) atoms. The van der Waals surface area contributed by atoms with Crippen molar-refractivity contribution in [2.75, 3.05) is 6.54 Å². The number of oxazole rings is 1. The molecule has 0 aliphatic carbocycles. The minimum absolute atomic E-state index is 0.102. The van der Waals surface area contributed by atoms with Crippen LogP contribution in [0.2, 0.25) is 0 Å². The zero-order valence-electron chi connectivity index (χ0n) is 13.1. The third kappa shape index (κ3) is 5.49. The van der Waals surface area contributed by atoms with Gasteiger partial charge in [-0.25, -0.2) is 9.37 Å². The molecule has 0 unspecified atom stereocenters. The molecule has 0 bridgehead atoms. The van der Waals surface area contributed by atoms with Crippen LogP contribution in [0.5, 0.6) is 0 Å². The lowest BCUT2D eigenvalue weighted by molar-refractivity contribution is -0.137. The van der Waals surface area contributed by atoms with Crippen LogP contribution in [0.3, 0.4) is 0 Å². The lowest BCUT2D eigenvalue weighted by Gasteiger charge is -2.03. The van der Waals surface area contributed by atoms with E-state index in [1.165, 1.54) is 12.3 Å². The summed E-state index contributed by atoms with van der Waals surface area (Å²) in [6.45, 7) is 0.443. The molecule has 1 aromatic carbocycles. The number of aromatic nitrogens is 1. The second kappa shape index (κ2) is 8.81. The average molecular weight is 334 g/mol. The van der Waals surface area contributed by atoms with Gasteiger partial charge in [-0.1, -0.05) is 12.1 Å². The molecule has 0 saturated carbocycles. The lowest BCUT2D eigenvalue weighted by Crippen LogP contribution is -2.24.